The highest BCUT2D eigenvalue weighted by Gasteiger charge is 2.51. The lowest BCUT2D eigenvalue weighted by Crippen LogP contribution is -2.58. The summed E-state index contributed by atoms with van der Waals surface area (Å²) in [7, 11) is 0. The van der Waals surface area contributed by atoms with Gasteiger partial charge in [-0.1, -0.05) is 78.2 Å². The first kappa shape index (κ1) is 31.2. The van der Waals surface area contributed by atoms with Gasteiger partial charge in [-0.15, -0.1) is 0 Å². The van der Waals surface area contributed by atoms with E-state index in [1.54, 1.807) is 18.2 Å². The third-order valence-corrected chi connectivity index (χ3v) is 8.51. The smallest absolute Gasteiger partial charge is 0.441 e. The molecule has 2 aliphatic rings. The summed E-state index contributed by atoms with van der Waals surface area (Å²) in [5, 5.41) is 3.96. The first-order chi connectivity index (χ1) is 18.4. The number of aliphatic imine (C=N–C) groups is 1. The first-order valence-corrected chi connectivity index (χ1v) is 13.8. The van der Waals surface area contributed by atoms with E-state index in [0.717, 1.165) is 6.42 Å². The van der Waals surface area contributed by atoms with Crippen molar-refractivity contribution in [3.8, 4) is 0 Å². The lowest BCUT2D eigenvalue weighted by atomic mass is 9.78. The van der Waals surface area contributed by atoms with Gasteiger partial charge >= 0.3 is 6.18 Å². The molecular weight excluding hydrogens is 513 g/mol. The minimum atomic E-state index is -4.87. The summed E-state index contributed by atoms with van der Waals surface area (Å²) in [6, 6.07) is 7.15. The maximum atomic E-state index is 14.2. The molecule has 0 N–H and O–H groups in total. The molecular formula is C28H41F3N4O4. The van der Waals surface area contributed by atoms with Crippen molar-refractivity contribution in [1.29, 1.82) is 0 Å². The Balaban J connectivity index is 2.00. The van der Waals surface area contributed by atoms with Crippen LogP contribution in [0.4, 0.5) is 18.9 Å². The maximum absolute atomic E-state index is 14.2. The molecule has 218 valence electrons. The number of azide groups is 1. The van der Waals surface area contributed by atoms with Crippen molar-refractivity contribution in [3.05, 3.63) is 40.8 Å². The van der Waals surface area contributed by atoms with Gasteiger partial charge in [-0.05, 0) is 53.7 Å². The van der Waals surface area contributed by atoms with Crippen LogP contribution in [0.2, 0.25) is 0 Å². The SMILES string of the molecule is CC[C@H](C)C1O[C@@H](O/C(=N/c2ccccc2)C(F)(F)F)C(O[C@H]2O[C@H](CC)[C@@H](C)C(C)C2N=[N+]=[N-])[C@@H](C)[C@@H]1C. The Kier molecular flexibility index (Phi) is 10.7. The van der Waals surface area contributed by atoms with Crippen molar-refractivity contribution in [3.63, 3.8) is 0 Å². The van der Waals surface area contributed by atoms with Crippen molar-refractivity contribution >= 4 is 11.6 Å². The Morgan fingerprint density at radius 3 is 2.23 bits per heavy atom. The second kappa shape index (κ2) is 13.4. The molecule has 1 aromatic carbocycles. The van der Waals surface area contributed by atoms with Crippen LogP contribution in [0.15, 0.2) is 40.4 Å². The third-order valence-electron chi connectivity index (χ3n) is 8.51. The number of benzene rings is 1. The molecule has 1 aromatic rings. The van der Waals surface area contributed by atoms with E-state index in [-0.39, 0.29) is 47.5 Å². The number of alkyl halides is 3. The number of halogens is 3. The second-order valence-corrected chi connectivity index (χ2v) is 10.9. The summed E-state index contributed by atoms with van der Waals surface area (Å²) in [6.07, 6.45) is -7.22. The lowest BCUT2D eigenvalue weighted by molar-refractivity contribution is -0.323. The van der Waals surface area contributed by atoms with Gasteiger partial charge in [0.2, 0.25) is 6.29 Å². The molecule has 8 nitrogen and oxygen atoms in total. The summed E-state index contributed by atoms with van der Waals surface area (Å²) in [5.41, 5.74) is 9.35. The average molecular weight is 555 g/mol. The zero-order chi connectivity index (χ0) is 28.9. The number of hydrogen-bond donors (Lipinski definition) is 0. The molecule has 0 bridgehead atoms. The molecule has 4 unspecified atom stereocenters. The van der Waals surface area contributed by atoms with Gasteiger partial charge in [0.25, 0.3) is 5.90 Å². The molecule has 0 aromatic heterocycles. The topological polar surface area (TPSA) is 98.0 Å². The fourth-order valence-electron chi connectivity index (χ4n) is 5.49. The van der Waals surface area contributed by atoms with Crippen molar-refractivity contribution in [2.24, 2.45) is 39.7 Å². The molecule has 0 aliphatic carbocycles. The highest BCUT2D eigenvalue weighted by Crippen LogP contribution is 2.41. The Morgan fingerprint density at radius 1 is 1.00 bits per heavy atom. The summed E-state index contributed by atoms with van der Waals surface area (Å²) in [5.74, 6) is -1.63. The van der Waals surface area contributed by atoms with Crippen LogP contribution in [-0.2, 0) is 18.9 Å². The van der Waals surface area contributed by atoms with Gasteiger partial charge in [0, 0.05) is 4.91 Å². The van der Waals surface area contributed by atoms with E-state index in [1.807, 2.05) is 48.5 Å². The van der Waals surface area contributed by atoms with E-state index in [9.17, 15) is 18.7 Å². The maximum Gasteiger partial charge on any atom is 0.468 e. The summed E-state index contributed by atoms with van der Waals surface area (Å²) in [6.45, 7) is 13.9. The summed E-state index contributed by atoms with van der Waals surface area (Å²) >= 11 is 0. The molecule has 0 saturated carbocycles. The zero-order valence-electron chi connectivity index (χ0n) is 23.7. The molecule has 11 heteroatoms. The van der Waals surface area contributed by atoms with Crippen LogP contribution in [0.1, 0.15) is 61.3 Å². The van der Waals surface area contributed by atoms with Crippen molar-refractivity contribution in [2.45, 2.75) is 104 Å². The first-order valence-electron chi connectivity index (χ1n) is 13.8. The van der Waals surface area contributed by atoms with Crippen molar-refractivity contribution in [1.82, 2.24) is 0 Å². The highest BCUT2D eigenvalue weighted by atomic mass is 19.4. The fraction of sp³-hybridized carbons (Fsp3) is 0.750. The lowest BCUT2D eigenvalue weighted by Gasteiger charge is -2.49. The largest absolute Gasteiger partial charge is 0.468 e. The molecule has 2 heterocycles. The van der Waals surface area contributed by atoms with E-state index in [4.69, 9.17) is 18.9 Å². The monoisotopic (exact) mass is 554 g/mol. The molecule has 39 heavy (non-hydrogen) atoms. The van der Waals surface area contributed by atoms with Crippen LogP contribution in [0.25, 0.3) is 10.4 Å². The van der Waals surface area contributed by atoms with Crippen molar-refractivity contribution in [2.75, 3.05) is 0 Å². The quantitative estimate of drug-likeness (QED) is 0.108. The predicted octanol–water partition coefficient (Wildman–Crippen LogP) is 7.81. The van der Waals surface area contributed by atoms with Gasteiger partial charge in [0.1, 0.15) is 6.10 Å². The summed E-state index contributed by atoms with van der Waals surface area (Å²) < 4.78 is 67.0. The van der Waals surface area contributed by atoms with E-state index in [2.05, 4.69) is 15.0 Å². The Hall–Kier alpha value is -2.33. The van der Waals surface area contributed by atoms with Crippen LogP contribution in [0, 0.1) is 29.6 Å². The number of ether oxygens (including phenoxy) is 4. The molecule has 11 atom stereocenters. The minimum Gasteiger partial charge on any atom is -0.441 e. The van der Waals surface area contributed by atoms with Gasteiger partial charge in [0.05, 0.1) is 23.9 Å². The predicted molar refractivity (Wildman–Crippen MR) is 142 cm³/mol. The Labute approximate surface area is 228 Å². The molecule has 3 rings (SSSR count). The Bertz CT molecular complexity index is 1000. The van der Waals surface area contributed by atoms with Gasteiger partial charge in [0.15, 0.2) is 6.29 Å². The minimum absolute atomic E-state index is 0.0509. The van der Waals surface area contributed by atoms with Crippen LogP contribution >= 0.6 is 0 Å². The second-order valence-electron chi connectivity index (χ2n) is 10.9. The standard InChI is InChI=1S/C28H41F3N4O4/c1-8-15(3)23-18(6)19(7)24(38-25-22(34-35-32)17(5)16(4)21(9-2)36-25)26(37-23)39-27(28(29,30)31)33-20-13-11-10-12-14-20/h10-19,21-26H,8-9H2,1-7H3/b33-27+/t15-,16-,17?,18-,19-,21+,22?,23?,24?,25+,26-/m0/s1. The molecule has 2 aliphatic heterocycles. The highest BCUT2D eigenvalue weighted by molar-refractivity contribution is 5.84. The van der Waals surface area contributed by atoms with Crippen LogP contribution in [0.3, 0.4) is 0 Å². The van der Waals surface area contributed by atoms with Gasteiger partial charge < -0.3 is 18.9 Å². The number of nitrogens with zero attached hydrogens (tertiary/aromatic N) is 4. The van der Waals surface area contributed by atoms with Crippen LogP contribution in [0.5, 0.6) is 0 Å². The molecule has 0 spiro atoms. The zero-order valence-corrected chi connectivity index (χ0v) is 23.7. The third kappa shape index (κ3) is 7.25. The van der Waals surface area contributed by atoms with Crippen LogP contribution < -0.4 is 0 Å². The number of para-hydroxylation sites is 1. The number of rotatable bonds is 8. The molecule has 0 amide bonds. The van der Waals surface area contributed by atoms with E-state index in [0.29, 0.717) is 6.42 Å². The van der Waals surface area contributed by atoms with E-state index < -0.39 is 36.8 Å². The number of hydrogen-bond acceptors (Lipinski definition) is 6. The molecule has 2 fully saturated rings. The summed E-state index contributed by atoms with van der Waals surface area (Å²) in [4.78, 5) is 6.77. The van der Waals surface area contributed by atoms with Gasteiger partial charge in [-0.2, -0.15) is 13.2 Å². The molecule has 2 saturated heterocycles. The van der Waals surface area contributed by atoms with Crippen molar-refractivity contribution < 1.29 is 32.1 Å². The van der Waals surface area contributed by atoms with Crippen LogP contribution in [-0.4, -0.2) is 49.0 Å². The van der Waals surface area contributed by atoms with E-state index in [1.165, 1.54) is 12.1 Å². The van der Waals surface area contributed by atoms with Gasteiger partial charge in [-0.3, -0.25) is 0 Å². The average Bonchev–Trinajstić information content (AvgIpc) is 2.91. The molecule has 0 radical (unpaired) electrons. The Morgan fingerprint density at radius 2 is 1.67 bits per heavy atom. The van der Waals surface area contributed by atoms with E-state index >= 15 is 0 Å². The fourth-order valence-corrected chi connectivity index (χ4v) is 5.49. The van der Waals surface area contributed by atoms with Gasteiger partial charge in [-0.25, -0.2) is 4.99 Å². The normalized spacial score (nSPS) is 36.6.